The number of aryl methyl sites for hydroxylation is 1. The molecule has 4 heteroatoms. The van der Waals surface area contributed by atoms with Gasteiger partial charge in [-0.05, 0) is 37.1 Å². The number of hydrogen-bond acceptors (Lipinski definition) is 2. The predicted molar refractivity (Wildman–Crippen MR) is 72.1 cm³/mol. The van der Waals surface area contributed by atoms with Crippen molar-refractivity contribution in [1.29, 1.82) is 0 Å². The average molecular weight is 300 g/mol. The van der Waals surface area contributed by atoms with E-state index in [0.29, 0.717) is 6.54 Å². The predicted octanol–water partition coefficient (Wildman–Crippen LogP) is 3.05. The minimum atomic E-state index is -0.773. The summed E-state index contributed by atoms with van der Waals surface area (Å²) >= 11 is 3.49. The van der Waals surface area contributed by atoms with Crippen molar-refractivity contribution >= 4 is 21.9 Å². The number of carbonyl (C=O) groups is 1. The van der Waals surface area contributed by atoms with Gasteiger partial charge < -0.3 is 5.11 Å². The summed E-state index contributed by atoms with van der Waals surface area (Å²) in [6.45, 7) is 5.67. The molecule has 17 heavy (non-hydrogen) atoms. The minimum absolute atomic E-state index is 0.0966. The molecule has 0 atom stereocenters. The standard InChI is InChI=1S/C13H18BrNO2/c1-3-6-15(9-13(16)17)8-11-5-4-10(2)12(14)7-11/h4-5,7H,3,6,8-9H2,1-2H3,(H,16,17). The highest BCUT2D eigenvalue weighted by Gasteiger charge is 2.09. The zero-order chi connectivity index (χ0) is 12.8. The van der Waals surface area contributed by atoms with Crippen molar-refractivity contribution < 1.29 is 9.90 Å². The number of rotatable bonds is 6. The second kappa shape index (κ2) is 6.77. The van der Waals surface area contributed by atoms with Crippen molar-refractivity contribution in [3.8, 4) is 0 Å². The Morgan fingerprint density at radius 3 is 2.71 bits per heavy atom. The normalized spacial score (nSPS) is 10.8. The molecule has 0 fully saturated rings. The van der Waals surface area contributed by atoms with Crippen molar-refractivity contribution in [3.05, 3.63) is 33.8 Å². The van der Waals surface area contributed by atoms with E-state index in [1.54, 1.807) is 0 Å². The van der Waals surface area contributed by atoms with Crippen molar-refractivity contribution in [2.45, 2.75) is 26.8 Å². The molecule has 0 aliphatic carbocycles. The highest BCUT2D eigenvalue weighted by atomic mass is 79.9. The molecule has 0 bridgehead atoms. The van der Waals surface area contributed by atoms with Crippen LogP contribution in [0.3, 0.4) is 0 Å². The fourth-order valence-electron chi connectivity index (χ4n) is 1.71. The average Bonchev–Trinajstić information content (AvgIpc) is 2.23. The molecule has 0 spiro atoms. The number of aliphatic carboxylic acids is 1. The van der Waals surface area contributed by atoms with Gasteiger partial charge in [0, 0.05) is 11.0 Å². The maximum Gasteiger partial charge on any atom is 0.317 e. The van der Waals surface area contributed by atoms with Crippen molar-refractivity contribution in [2.75, 3.05) is 13.1 Å². The van der Waals surface area contributed by atoms with Gasteiger partial charge in [0.15, 0.2) is 0 Å². The summed E-state index contributed by atoms with van der Waals surface area (Å²) in [7, 11) is 0. The van der Waals surface area contributed by atoms with Gasteiger partial charge in [-0.1, -0.05) is 35.0 Å². The molecule has 0 heterocycles. The fourth-order valence-corrected chi connectivity index (χ4v) is 2.14. The Morgan fingerprint density at radius 1 is 1.47 bits per heavy atom. The summed E-state index contributed by atoms with van der Waals surface area (Å²) in [4.78, 5) is 12.7. The molecule has 0 saturated heterocycles. The van der Waals surface area contributed by atoms with Crippen LogP contribution < -0.4 is 0 Å². The van der Waals surface area contributed by atoms with Crippen LogP contribution in [0.25, 0.3) is 0 Å². The van der Waals surface area contributed by atoms with Gasteiger partial charge in [0.1, 0.15) is 0 Å². The third kappa shape index (κ3) is 4.88. The first kappa shape index (κ1) is 14.2. The van der Waals surface area contributed by atoms with E-state index < -0.39 is 5.97 Å². The second-order valence-corrected chi connectivity index (χ2v) is 5.04. The third-order valence-electron chi connectivity index (χ3n) is 2.54. The van der Waals surface area contributed by atoms with Gasteiger partial charge in [-0.2, -0.15) is 0 Å². The highest BCUT2D eigenvalue weighted by Crippen LogP contribution is 2.18. The number of carboxylic acids is 1. The maximum absolute atomic E-state index is 10.7. The summed E-state index contributed by atoms with van der Waals surface area (Å²) in [5.41, 5.74) is 2.33. The lowest BCUT2D eigenvalue weighted by atomic mass is 10.1. The van der Waals surface area contributed by atoms with Crippen molar-refractivity contribution in [3.63, 3.8) is 0 Å². The van der Waals surface area contributed by atoms with E-state index in [9.17, 15) is 4.79 Å². The van der Waals surface area contributed by atoms with Crippen LogP contribution in [0.1, 0.15) is 24.5 Å². The van der Waals surface area contributed by atoms with Crippen LogP contribution in [-0.4, -0.2) is 29.1 Å². The summed E-state index contributed by atoms with van der Waals surface area (Å²) in [6.07, 6.45) is 0.959. The first-order valence-electron chi connectivity index (χ1n) is 5.72. The first-order valence-corrected chi connectivity index (χ1v) is 6.51. The monoisotopic (exact) mass is 299 g/mol. The van der Waals surface area contributed by atoms with E-state index in [-0.39, 0.29) is 6.54 Å². The minimum Gasteiger partial charge on any atom is -0.480 e. The molecular weight excluding hydrogens is 282 g/mol. The Balaban J connectivity index is 2.71. The van der Waals surface area contributed by atoms with Gasteiger partial charge in [-0.25, -0.2) is 0 Å². The molecule has 94 valence electrons. The Bertz CT molecular complexity index is 393. The molecule has 1 N–H and O–H groups in total. The van der Waals surface area contributed by atoms with Gasteiger partial charge in [0.05, 0.1) is 6.54 Å². The SMILES string of the molecule is CCCN(CC(=O)O)Cc1ccc(C)c(Br)c1. The summed E-state index contributed by atoms with van der Waals surface area (Å²) in [5, 5.41) is 8.84. The Morgan fingerprint density at radius 2 is 2.18 bits per heavy atom. The number of halogens is 1. The van der Waals surface area contributed by atoms with Gasteiger partial charge in [-0.15, -0.1) is 0 Å². The van der Waals surface area contributed by atoms with E-state index >= 15 is 0 Å². The molecule has 0 amide bonds. The molecule has 3 nitrogen and oxygen atoms in total. The lowest BCUT2D eigenvalue weighted by Gasteiger charge is -2.19. The second-order valence-electron chi connectivity index (χ2n) is 4.19. The molecule has 0 aliphatic heterocycles. The zero-order valence-electron chi connectivity index (χ0n) is 10.2. The number of carboxylic acid groups (broad SMARTS) is 1. The van der Waals surface area contributed by atoms with Crippen LogP contribution in [0, 0.1) is 6.92 Å². The first-order chi connectivity index (χ1) is 8.02. The lowest BCUT2D eigenvalue weighted by molar-refractivity contribution is -0.138. The van der Waals surface area contributed by atoms with Crippen LogP contribution >= 0.6 is 15.9 Å². The number of hydrogen-bond donors (Lipinski definition) is 1. The number of nitrogens with zero attached hydrogens (tertiary/aromatic N) is 1. The Kier molecular flexibility index (Phi) is 5.65. The van der Waals surface area contributed by atoms with Crippen LogP contribution in [0.5, 0.6) is 0 Å². The molecule has 1 aromatic carbocycles. The molecule has 1 rings (SSSR count). The lowest BCUT2D eigenvalue weighted by Crippen LogP contribution is -2.30. The Labute approximate surface area is 111 Å². The molecule has 0 aromatic heterocycles. The van der Waals surface area contributed by atoms with E-state index in [1.807, 2.05) is 24.0 Å². The number of benzene rings is 1. The molecule has 1 aromatic rings. The molecule has 0 unspecified atom stereocenters. The van der Waals surface area contributed by atoms with Gasteiger partial charge >= 0.3 is 5.97 Å². The van der Waals surface area contributed by atoms with E-state index in [2.05, 4.69) is 28.9 Å². The summed E-state index contributed by atoms with van der Waals surface area (Å²) in [6, 6.07) is 6.15. The molecule has 0 radical (unpaired) electrons. The van der Waals surface area contributed by atoms with Crippen LogP contribution in [0.15, 0.2) is 22.7 Å². The summed E-state index contributed by atoms with van der Waals surface area (Å²) < 4.78 is 1.07. The maximum atomic E-state index is 10.7. The summed E-state index contributed by atoms with van der Waals surface area (Å²) in [5.74, 6) is -0.773. The van der Waals surface area contributed by atoms with Gasteiger partial charge in [0.25, 0.3) is 0 Å². The zero-order valence-corrected chi connectivity index (χ0v) is 11.8. The van der Waals surface area contributed by atoms with Crippen LogP contribution in [0.4, 0.5) is 0 Å². The fraction of sp³-hybridized carbons (Fsp3) is 0.462. The Hall–Kier alpha value is -0.870. The van der Waals surface area contributed by atoms with Crippen molar-refractivity contribution in [1.82, 2.24) is 4.90 Å². The molecular formula is C13H18BrNO2. The highest BCUT2D eigenvalue weighted by molar-refractivity contribution is 9.10. The topological polar surface area (TPSA) is 40.5 Å². The van der Waals surface area contributed by atoms with E-state index in [4.69, 9.17) is 5.11 Å². The van der Waals surface area contributed by atoms with Gasteiger partial charge in [0.2, 0.25) is 0 Å². The largest absolute Gasteiger partial charge is 0.480 e. The molecule has 0 aliphatic rings. The van der Waals surface area contributed by atoms with Gasteiger partial charge in [-0.3, -0.25) is 9.69 Å². The molecule has 0 saturated carbocycles. The smallest absolute Gasteiger partial charge is 0.317 e. The van der Waals surface area contributed by atoms with Crippen LogP contribution in [0.2, 0.25) is 0 Å². The van der Waals surface area contributed by atoms with Crippen LogP contribution in [-0.2, 0) is 11.3 Å². The van der Waals surface area contributed by atoms with E-state index in [0.717, 1.165) is 23.0 Å². The van der Waals surface area contributed by atoms with Crippen molar-refractivity contribution in [2.24, 2.45) is 0 Å². The van der Waals surface area contributed by atoms with E-state index in [1.165, 1.54) is 5.56 Å². The third-order valence-corrected chi connectivity index (χ3v) is 3.40. The quantitative estimate of drug-likeness (QED) is 0.878.